The van der Waals surface area contributed by atoms with E-state index in [1.807, 2.05) is 0 Å². The van der Waals surface area contributed by atoms with Crippen molar-refractivity contribution in [3.63, 3.8) is 0 Å². The van der Waals surface area contributed by atoms with Gasteiger partial charge in [0.15, 0.2) is 5.79 Å². The number of hydroxylamine groups is 2. The molecule has 0 amide bonds. The molecule has 0 aromatic heterocycles. The Kier molecular flexibility index (Phi) is 7.27. The van der Waals surface area contributed by atoms with Gasteiger partial charge in [0, 0.05) is 23.3 Å². The fourth-order valence-corrected chi connectivity index (χ4v) is 5.71. The van der Waals surface area contributed by atoms with Crippen molar-refractivity contribution in [2.24, 2.45) is 11.3 Å². The lowest BCUT2D eigenvalue weighted by atomic mass is 9.66. The van der Waals surface area contributed by atoms with Crippen LogP contribution in [-0.2, 0) is 14.3 Å². The molecule has 1 aromatic carbocycles. The van der Waals surface area contributed by atoms with Crippen LogP contribution >= 0.6 is 0 Å². The SMILES string of the molecule is CCCC1(C)COC2(CC(C)(CC)N(OC(C)c3ccccc3)C(C)(CC)C2C)OC1. The molecule has 2 heterocycles. The van der Waals surface area contributed by atoms with Crippen molar-refractivity contribution in [3.8, 4) is 0 Å². The Morgan fingerprint density at radius 1 is 1.03 bits per heavy atom. The number of piperidine rings is 1. The molecular formula is C27H45NO3. The minimum absolute atomic E-state index is 0.0137. The van der Waals surface area contributed by atoms with E-state index in [2.05, 4.69) is 90.8 Å². The third kappa shape index (κ3) is 4.46. The van der Waals surface area contributed by atoms with Gasteiger partial charge < -0.3 is 9.47 Å². The van der Waals surface area contributed by atoms with Crippen LogP contribution in [0.1, 0.15) is 99.2 Å². The first-order chi connectivity index (χ1) is 14.6. The molecule has 0 saturated carbocycles. The first-order valence-corrected chi connectivity index (χ1v) is 12.4. The fourth-order valence-electron chi connectivity index (χ4n) is 5.71. The largest absolute Gasteiger partial charge is 0.349 e. The normalized spacial score (nSPS) is 40.2. The second-order valence-corrected chi connectivity index (χ2v) is 10.9. The maximum absolute atomic E-state index is 6.80. The van der Waals surface area contributed by atoms with E-state index in [0.717, 1.165) is 45.3 Å². The van der Waals surface area contributed by atoms with Gasteiger partial charge in [-0.05, 0) is 45.6 Å². The third-order valence-corrected chi connectivity index (χ3v) is 8.37. The summed E-state index contributed by atoms with van der Waals surface area (Å²) in [6, 6.07) is 10.5. The summed E-state index contributed by atoms with van der Waals surface area (Å²) in [5.74, 6) is -0.378. The van der Waals surface area contributed by atoms with E-state index in [1.165, 1.54) is 5.56 Å². The van der Waals surface area contributed by atoms with Crippen molar-refractivity contribution in [1.29, 1.82) is 0 Å². The molecule has 4 nitrogen and oxygen atoms in total. The Hall–Kier alpha value is -0.940. The van der Waals surface area contributed by atoms with Crippen LogP contribution in [0.15, 0.2) is 30.3 Å². The summed E-state index contributed by atoms with van der Waals surface area (Å²) >= 11 is 0. The first kappa shape index (κ1) is 24.7. The molecule has 4 heteroatoms. The average molecular weight is 432 g/mol. The number of rotatable bonds is 7. The Morgan fingerprint density at radius 2 is 1.65 bits per heavy atom. The van der Waals surface area contributed by atoms with Crippen molar-refractivity contribution in [2.45, 2.75) is 110 Å². The minimum Gasteiger partial charge on any atom is -0.349 e. The van der Waals surface area contributed by atoms with Crippen LogP contribution in [0.25, 0.3) is 0 Å². The molecule has 2 aliphatic heterocycles. The van der Waals surface area contributed by atoms with Crippen LogP contribution in [-0.4, -0.2) is 35.1 Å². The minimum atomic E-state index is -0.557. The van der Waals surface area contributed by atoms with Crippen molar-refractivity contribution in [2.75, 3.05) is 13.2 Å². The van der Waals surface area contributed by atoms with E-state index in [0.29, 0.717) is 0 Å². The highest BCUT2D eigenvalue weighted by atomic mass is 16.7. The summed E-state index contributed by atoms with van der Waals surface area (Å²) in [5, 5.41) is 2.32. The van der Waals surface area contributed by atoms with E-state index in [-0.39, 0.29) is 28.5 Å². The standard InChI is InChI=1S/C27H45NO3/c1-9-17-24(6)19-29-27(30-20-24)18-25(7,10-2)28(26(8,11-3)22(27)5)31-21(4)23-15-13-12-14-16-23/h12-16,21-22H,9-11,17-20H2,1-8H3. The zero-order valence-corrected chi connectivity index (χ0v) is 21.2. The molecule has 2 fully saturated rings. The quantitative estimate of drug-likeness (QED) is 0.469. The average Bonchev–Trinajstić information content (AvgIpc) is 2.78. The summed E-state index contributed by atoms with van der Waals surface area (Å²) in [7, 11) is 0. The van der Waals surface area contributed by atoms with E-state index in [4.69, 9.17) is 14.3 Å². The van der Waals surface area contributed by atoms with Crippen LogP contribution < -0.4 is 0 Å². The molecule has 0 aliphatic carbocycles. The number of benzene rings is 1. The van der Waals surface area contributed by atoms with Gasteiger partial charge in [-0.1, -0.05) is 71.4 Å². The van der Waals surface area contributed by atoms with Crippen molar-refractivity contribution >= 4 is 0 Å². The Morgan fingerprint density at radius 3 is 2.16 bits per heavy atom. The summed E-state index contributed by atoms with van der Waals surface area (Å²) in [6.07, 6.45) is 5.03. The van der Waals surface area contributed by atoms with Crippen LogP contribution in [0.5, 0.6) is 0 Å². The molecule has 31 heavy (non-hydrogen) atoms. The predicted octanol–water partition coefficient (Wildman–Crippen LogP) is 6.91. The van der Waals surface area contributed by atoms with Gasteiger partial charge in [-0.2, -0.15) is 5.06 Å². The van der Waals surface area contributed by atoms with Gasteiger partial charge in [0.1, 0.15) is 6.10 Å². The summed E-state index contributed by atoms with van der Waals surface area (Å²) in [6.45, 7) is 19.7. The summed E-state index contributed by atoms with van der Waals surface area (Å²) in [4.78, 5) is 6.80. The molecular weight excluding hydrogens is 386 g/mol. The number of hydrogen-bond acceptors (Lipinski definition) is 4. The van der Waals surface area contributed by atoms with Crippen LogP contribution in [0.3, 0.4) is 0 Å². The predicted molar refractivity (Wildman–Crippen MR) is 127 cm³/mol. The Labute approximate surface area is 190 Å². The Bertz CT molecular complexity index is 714. The lowest BCUT2D eigenvalue weighted by molar-refractivity contribution is -0.416. The van der Waals surface area contributed by atoms with Crippen LogP contribution in [0, 0.1) is 11.3 Å². The van der Waals surface area contributed by atoms with Gasteiger partial charge in [-0.15, -0.1) is 0 Å². The molecule has 176 valence electrons. The summed E-state index contributed by atoms with van der Waals surface area (Å²) in [5.41, 5.74) is 0.928. The molecule has 2 saturated heterocycles. The van der Waals surface area contributed by atoms with Gasteiger partial charge in [0.05, 0.1) is 18.8 Å². The molecule has 4 atom stereocenters. The maximum atomic E-state index is 6.80. The lowest BCUT2D eigenvalue weighted by Gasteiger charge is -2.64. The van der Waals surface area contributed by atoms with E-state index >= 15 is 0 Å². The number of nitrogens with zero attached hydrogens (tertiary/aromatic N) is 1. The number of hydrogen-bond donors (Lipinski definition) is 0. The lowest BCUT2D eigenvalue weighted by Crippen LogP contribution is -2.73. The molecule has 3 rings (SSSR count). The van der Waals surface area contributed by atoms with Gasteiger partial charge in [-0.25, -0.2) is 0 Å². The van der Waals surface area contributed by atoms with Gasteiger partial charge in [-0.3, -0.25) is 4.84 Å². The number of ether oxygens (including phenoxy) is 2. The highest BCUT2D eigenvalue weighted by molar-refractivity contribution is 5.17. The highest BCUT2D eigenvalue weighted by Crippen LogP contribution is 2.55. The Balaban J connectivity index is 1.91. The smallest absolute Gasteiger partial charge is 0.174 e. The van der Waals surface area contributed by atoms with Gasteiger partial charge >= 0.3 is 0 Å². The monoisotopic (exact) mass is 431 g/mol. The van der Waals surface area contributed by atoms with E-state index in [1.54, 1.807) is 0 Å². The van der Waals surface area contributed by atoms with E-state index in [9.17, 15) is 0 Å². The van der Waals surface area contributed by atoms with Gasteiger partial charge in [0.25, 0.3) is 0 Å². The topological polar surface area (TPSA) is 30.9 Å². The zero-order valence-electron chi connectivity index (χ0n) is 21.2. The second kappa shape index (κ2) is 9.13. The molecule has 0 N–H and O–H groups in total. The van der Waals surface area contributed by atoms with E-state index < -0.39 is 5.79 Å². The highest BCUT2D eigenvalue weighted by Gasteiger charge is 2.63. The zero-order chi connectivity index (χ0) is 22.9. The molecule has 1 spiro atoms. The third-order valence-electron chi connectivity index (χ3n) is 8.37. The fraction of sp³-hybridized carbons (Fsp3) is 0.778. The molecule has 2 aliphatic rings. The molecule has 0 radical (unpaired) electrons. The van der Waals surface area contributed by atoms with Gasteiger partial charge in [0.2, 0.25) is 0 Å². The molecule has 0 bridgehead atoms. The van der Waals surface area contributed by atoms with Crippen molar-refractivity contribution in [1.82, 2.24) is 5.06 Å². The van der Waals surface area contributed by atoms with Crippen LogP contribution in [0.2, 0.25) is 0 Å². The van der Waals surface area contributed by atoms with Crippen LogP contribution in [0.4, 0.5) is 0 Å². The molecule has 1 aromatic rings. The first-order valence-electron chi connectivity index (χ1n) is 12.4. The van der Waals surface area contributed by atoms with Crippen molar-refractivity contribution < 1.29 is 14.3 Å². The summed E-state index contributed by atoms with van der Waals surface area (Å²) < 4.78 is 13.4. The second-order valence-electron chi connectivity index (χ2n) is 10.9. The van der Waals surface area contributed by atoms with Crippen molar-refractivity contribution in [3.05, 3.63) is 35.9 Å². The molecule has 4 unspecified atom stereocenters. The maximum Gasteiger partial charge on any atom is 0.174 e.